The van der Waals surface area contributed by atoms with Gasteiger partial charge in [0.2, 0.25) is 5.91 Å². The second kappa shape index (κ2) is 13.3. The highest BCUT2D eigenvalue weighted by Gasteiger charge is 2.05. The summed E-state index contributed by atoms with van der Waals surface area (Å²) in [6, 6.07) is 20.0. The average Bonchev–Trinajstić information content (AvgIpc) is 2.77. The Balaban J connectivity index is 1.65. The van der Waals surface area contributed by atoms with Gasteiger partial charge < -0.3 is 20.7 Å². The maximum atomic E-state index is 12.0. The zero-order chi connectivity index (χ0) is 20.7. The van der Waals surface area contributed by atoms with Crippen molar-refractivity contribution in [2.45, 2.75) is 32.9 Å². The molecule has 156 valence electrons. The second-order valence-electron chi connectivity index (χ2n) is 6.66. The van der Waals surface area contributed by atoms with Crippen LogP contribution in [0.25, 0.3) is 0 Å². The summed E-state index contributed by atoms with van der Waals surface area (Å²) in [6.07, 6.45) is 0.924. The Morgan fingerprint density at radius 1 is 1.00 bits per heavy atom. The topological polar surface area (TPSA) is 74.8 Å². The zero-order valence-corrected chi connectivity index (χ0v) is 17.4. The first-order valence-corrected chi connectivity index (χ1v) is 10.2. The van der Waals surface area contributed by atoms with Gasteiger partial charge in [-0.3, -0.25) is 4.79 Å². The van der Waals surface area contributed by atoms with E-state index < -0.39 is 0 Å². The van der Waals surface area contributed by atoms with Gasteiger partial charge in [0, 0.05) is 26.2 Å². The van der Waals surface area contributed by atoms with Crippen LogP contribution in [0, 0.1) is 0 Å². The van der Waals surface area contributed by atoms with E-state index in [1.165, 1.54) is 5.56 Å². The molecule has 1 unspecified atom stereocenters. The van der Waals surface area contributed by atoms with Crippen LogP contribution in [0.1, 0.15) is 37.5 Å². The molecule has 6 heteroatoms. The van der Waals surface area contributed by atoms with Crippen LogP contribution < -0.4 is 16.0 Å². The van der Waals surface area contributed by atoms with Crippen LogP contribution in [0.15, 0.2) is 65.7 Å². The fourth-order valence-corrected chi connectivity index (χ4v) is 2.70. The Kier molecular flexibility index (Phi) is 10.3. The summed E-state index contributed by atoms with van der Waals surface area (Å²) in [5, 5.41) is 9.28. The minimum absolute atomic E-state index is 0.0754. The van der Waals surface area contributed by atoms with Gasteiger partial charge in [0.05, 0.1) is 6.10 Å². The number of carbonyl (C=O) groups excluding carboxylic acids is 1. The molecule has 0 aliphatic rings. The molecule has 0 fully saturated rings. The maximum Gasteiger partial charge on any atom is 0.242 e. The normalized spacial score (nSPS) is 12.3. The highest BCUT2D eigenvalue weighted by molar-refractivity contribution is 5.84. The highest BCUT2D eigenvalue weighted by atomic mass is 16.5. The Hall–Kier alpha value is -2.86. The van der Waals surface area contributed by atoms with Crippen LogP contribution in [0.5, 0.6) is 0 Å². The van der Waals surface area contributed by atoms with Gasteiger partial charge in [-0.1, -0.05) is 60.7 Å². The number of nitrogens with zero attached hydrogens (tertiary/aromatic N) is 1. The third-order valence-corrected chi connectivity index (χ3v) is 4.31. The molecule has 0 aliphatic carbocycles. The van der Waals surface area contributed by atoms with E-state index >= 15 is 0 Å². The van der Waals surface area contributed by atoms with E-state index in [1.807, 2.05) is 55.5 Å². The van der Waals surface area contributed by atoms with Crippen LogP contribution in [-0.4, -0.2) is 38.1 Å². The quantitative estimate of drug-likeness (QED) is 0.310. The van der Waals surface area contributed by atoms with E-state index in [4.69, 9.17) is 4.74 Å². The summed E-state index contributed by atoms with van der Waals surface area (Å²) in [5.74, 6) is 0.532. The van der Waals surface area contributed by atoms with Gasteiger partial charge in [0.1, 0.15) is 6.54 Å². The van der Waals surface area contributed by atoms with Crippen molar-refractivity contribution in [3.63, 3.8) is 0 Å². The molecule has 0 radical (unpaired) electrons. The second-order valence-corrected chi connectivity index (χ2v) is 6.66. The fraction of sp³-hybridized carbons (Fsp3) is 0.391. The standard InChI is InChI=1S/C23H32N4O2/c1-3-24-23(27-18-22(28)26-17-20-11-6-4-7-12-20)25-15-10-16-29-19(2)21-13-8-5-9-14-21/h4-9,11-14,19H,3,10,15-18H2,1-2H3,(H,26,28)(H2,24,25,27). The summed E-state index contributed by atoms with van der Waals surface area (Å²) in [7, 11) is 0. The van der Waals surface area contributed by atoms with E-state index in [-0.39, 0.29) is 18.6 Å². The summed E-state index contributed by atoms with van der Waals surface area (Å²) >= 11 is 0. The molecule has 0 saturated carbocycles. The molecule has 3 N–H and O–H groups in total. The molecule has 1 atom stereocenters. The number of carbonyl (C=O) groups is 1. The third kappa shape index (κ3) is 9.25. The van der Waals surface area contributed by atoms with Gasteiger partial charge in [-0.25, -0.2) is 4.99 Å². The van der Waals surface area contributed by atoms with Crippen LogP contribution in [0.2, 0.25) is 0 Å². The number of hydrogen-bond donors (Lipinski definition) is 3. The molecular formula is C23H32N4O2. The largest absolute Gasteiger partial charge is 0.374 e. The monoisotopic (exact) mass is 396 g/mol. The lowest BCUT2D eigenvalue weighted by Gasteiger charge is -2.14. The third-order valence-electron chi connectivity index (χ3n) is 4.31. The van der Waals surface area contributed by atoms with Crippen molar-refractivity contribution in [1.29, 1.82) is 0 Å². The van der Waals surface area contributed by atoms with Crippen molar-refractivity contribution in [1.82, 2.24) is 16.0 Å². The molecule has 2 aromatic carbocycles. The first-order valence-electron chi connectivity index (χ1n) is 10.2. The number of benzene rings is 2. The Bertz CT molecular complexity index is 735. The van der Waals surface area contributed by atoms with Crippen molar-refractivity contribution in [3.8, 4) is 0 Å². The first kappa shape index (κ1) is 22.4. The Labute approximate surface area is 173 Å². The predicted octanol–water partition coefficient (Wildman–Crippen LogP) is 3.03. The van der Waals surface area contributed by atoms with Gasteiger partial charge >= 0.3 is 0 Å². The predicted molar refractivity (Wildman–Crippen MR) is 118 cm³/mol. The Morgan fingerprint density at radius 2 is 1.69 bits per heavy atom. The fourth-order valence-electron chi connectivity index (χ4n) is 2.70. The molecule has 2 rings (SSSR count). The average molecular weight is 397 g/mol. The van der Waals surface area contributed by atoms with Gasteiger partial charge in [-0.2, -0.15) is 0 Å². The molecule has 0 saturated heterocycles. The zero-order valence-electron chi connectivity index (χ0n) is 17.4. The maximum absolute atomic E-state index is 12.0. The number of amides is 1. The highest BCUT2D eigenvalue weighted by Crippen LogP contribution is 2.15. The van der Waals surface area contributed by atoms with Crippen molar-refractivity contribution >= 4 is 11.9 Å². The lowest BCUT2D eigenvalue weighted by Crippen LogP contribution is -2.39. The molecule has 2 aromatic rings. The van der Waals surface area contributed by atoms with Crippen molar-refractivity contribution in [3.05, 3.63) is 71.8 Å². The molecule has 6 nitrogen and oxygen atoms in total. The van der Waals surface area contributed by atoms with Gasteiger partial charge in [-0.05, 0) is 31.4 Å². The minimum Gasteiger partial charge on any atom is -0.374 e. The van der Waals surface area contributed by atoms with E-state index in [1.54, 1.807) is 0 Å². The number of rotatable bonds is 11. The molecule has 1 amide bonds. The first-order chi connectivity index (χ1) is 14.2. The van der Waals surface area contributed by atoms with Crippen molar-refractivity contribution < 1.29 is 9.53 Å². The summed E-state index contributed by atoms with van der Waals surface area (Å²) in [4.78, 5) is 16.4. The molecule has 0 aliphatic heterocycles. The van der Waals surface area contributed by atoms with Gasteiger partial charge in [0.15, 0.2) is 5.96 Å². The Morgan fingerprint density at radius 3 is 2.38 bits per heavy atom. The number of ether oxygens (including phenoxy) is 1. The molecule has 0 heterocycles. The lowest BCUT2D eigenvalue weighted by molar-refractivity contribution is -0.119. The number of hydrogen-bond acceptors (Lipinski definition) is 3. The van der Waals surface area contributed by atoms with Gasteiger partial charge in [0.25, 0.3) is 0 Å². The van der Waals surface area contributed by atoms with Crippen LogP contribution in [0.3, 0.4) is 0 Å². The van der Waals surface area contributed by atoms with E-state index in [0.717, 1.165) is 25.1 Å². The number of aliphatic imine (C=N–C) groups is 1. The molecule has 0 aromatic heterocycles. The minimum atomic E-state index is -0.105. The molecule has 29 heavy (non-hydrogen) atoms. The molecule has 0 bridgehead atoms. The molecular weight excluding hydrogens is 364 g/mol. The summed E-state index contributed by atoms with van der Waals surface area (Å²) in [6.45, 7) is 6.76. The van der Waals surface area contributed by atoms with Crippen LogP contribution >= 0.6 is 0 Å². The number of guanidine groups is 1. The van der Waals surface area contributed by atoms with E-state index in [9.17, 15) is 4.79 Å². The van der Waals surface area contributed by atoms with Crippen molar-refractivity contribution in [2.24, 2.45) is 4.99 Å². The van der Waals surface area contributed by atoms with E-state index in [0.29, 0.717) is 19.1 Å². The van der Waals surface area contributed by atoms with Crippen LogP contribution in [-0.2, 0) is 16.1 Å². The summed E-state index contributed by atoms with van der Waals surface area (Å²) in [5.41, 5.74) is 2.25. The van der Waals surface area contributed by atoms with Gasteiger partial charge in [-0.15, -0.1) is 0 Å². The summed E-state index contributed by atoms with van der Waals surface area (Å²) < 4.78 is 5.88. The SMILES string of the molecule is CCNC(=NCC(=O)NCc1ccccc1)NCCCOC(C)c1ccccc1. The lowest BCUT2D eigenvalue weighted by atomic mass is 10.1. The van der Waals surface area contributed by atoms with Crippen molar-refractivity contribution in [2.75, 3.05) is 26.2 Å². The molecule has 0 spiro atoms. The number of nitrogens with one attached hydrogen (secondary N) is 3. The van der Waals surface area contributed by atoms with E-state index in [2.05, 4.69) is 40.0 Å². The van der Waals surface area contributed by atoms with Crippen LogP contribution in [0.4, 0.5) is 0 Å². The smallest absolute Gasteiger partial charge is 0.242 e.